The summed E-state index contributed by atoms with van der Waals surface area (Å²) in [5.74, 6) is 0. The summed E-state index contributed by atoms with van der Waals surface area (Å²) in [6.07, 6.45) is 1.44. The van der Waals surface area contributed by atoms with Crippen LogP contribution in [-0.2, 0) is 21.0 Å². The van der Waals surface area contributed by atoms with Gasteiger partial charge < -0.3 is 9.78 Å². The second-order valence-electron chi connectivity index (χ2n) is 1.09. The van der Waals surface area contributed by atoms with Gasteiger partial charge in [0.05, 0.1) is 0 Å². The number of nitrogens with zero attached hydrogens (tertiary/aromatic N) is 1. The predicted molar refractivity (Wildman–Crippen MR) is 25.6 cm³/mol. The molecule has 9 heavy (non-hydrogen) atoms. The van der Waals surface area contributed by atoms with Crippen LogP contribution in [0.1, 0.15) is 0 Å². The van der Waals surface area contributed by atoms with Gasteiger partial charge in [-0.3, -0.25) is 6.20 Å². The van der Waals surface area contributed by atoms with E-state index in [1.807, 2.05) is 0 Å². The van der Waals surface area contributed by atoms with Crippen LogP contribution in [0.4, 0.5) is 0 Å². The number of aromatic nitrogens is 1. The fourth-order valence-electron chi connectivity index (χ4n) is 0.310. The number of hydrogen-bond donors (Lipinski definition) is 0. The minimum atomic E-state index is -0.303. The van der Waals surface area contributed by atoms with Gasteiger partial charge in [0.1, 0.15) is 0 Å². The fraction of sp³-hybridized carbons (Fsp3) is 0. The topological polar surface area (TPSA) is 48.2 Å². The monoisotopic (exact) mass is 160 g/mol. The van der Waals surface area contributed by atoms with Gasteiger partial charge in [-0.05, 0) is 5.56 Å². The molecule has 4 heteroatoms. The summed E-state index contributed by atoms with van der Waals surface area (Å²) < 4.78 is 8.19. The predicted octanol–water partition coefficient (Wildman–Crippen LogP) is -0.317. The minimum absolute atomic E-state index is 0.303. The van der Waals surface area contributed by atoms with Crippen molar-refractivity contribution in [3.63, 3.8) is 0 Å². The summed E-state index contributed by atoms with van der Waals surface area (Å²) in [6.45, 7) is 0. The van der Waals surface area contributed by atoms with E-state index >= 15 is 0 Å². The Hall–Kier alpha value is -0.666. The Labute approximate surface area is 61.3 Å². The normalized spacial score (nSPS) is 7.33. The van der Waals surface area contributed by atoms with Crippen LogP contribution in [0.15, 0.2) is 23.1 Å². The molecule has 1 aromatic rings. The molecule has 0 amide bonds. The Morgan fingerprint density at radius 1 is 1.56 bits per heavy atom. The number of pyridine rings is 1. The molecule has 0 N–H and O–H groups in total. The average Bonchev–Trinajstić information content (AvgIpc) is 1.94. The van der Waals surface area contributed by atoms with Crippen LogP contribution in [0.5, 0.6) is 0 Å². The molecule has 0 fully saturated rings. The maximum absolute atomic E-state index is 10.1. The zero-order valence-electron chi connectivity index (χ0n) is 4.44. The molecule has 1 aromatic heterocycles. The van der Waals surface area contributed by atoms with Gasteiger partial charge in [0.15, 0.2) is 0 Å². The molecule has 0 atom stereocenters. The molecule has 0 radical (unpaired) electrons. The Kier molecular flexibility index (Phi) is 5.07. The summed E-state index contributed by atoms with van der Waals surface area (Å²) in [5.41, 5.74) is -0.303. The molecular weight excluding hydrogens is 157 g/mol. The van der Waals surface area contributed by atoms with Crippen molar-refractivity contribution in [2.24, 2.45) is 0 Å². The third-order valence-corrected chi connectivity index (χ3v) is 0.581. The molecular formula is C5H3NO2V. The van der Waals surface area contributed by atoms with E-state index in [0.29, 0.717) is 0 Å². The van der Waals surface area contributed by atoms with E-state index < -0.39 is 0 Å². The number of rotatable bonds is 0. The molecule has 0 bridgehead atoms. The Bertz CT molecular complexity index is 193. The first-order chi connectivity index (χ1) is 4.39. The van der Waals surface area contributed by atoms with E-state index in [-0.39, 0.29) is 5.56 Å². The second kappa shape index (κ2) is 5.47. The van der Waals surface area contributed by atoms with Crippen molar-refractivity contribution in [2.45, 2.75) is 0 Å². The van der Waals surface area contributed by atoms with E-state index in [2.05, 4.69) is 11.1 Å². The first-order valence-electron chi connectivity index (χ1n) is 2.07. The molecule has 1 rings (SSSR count). The quantitative estimate of drug-likeness (QED) is 0.489. The third-order valence-electron chi connectivity index (χ3n) is 0.581. The summed E-state index contributed by atoms with van der Waals surface area (Å²) in [7, 11) is 0. The van der Waals surface area contributed by atoms with Gasteiger partial charge in [0.25, 0.3) is 0 Å². The Morgan fingerprint density at radius 3 is 2.44 bits per heavy atom. The van der Waals surface area contributed by atoms with Gasteiger partial charge in [-0.2, -0.15) is 0 Å². The van der Waals surface area contributed by atoms with E-state index in [4.69, 9.17) is 3.67 Å². The first kappa shape index (κ1) is 8.33. The van der Waals surface area contributed by atoms with Gasteiger partial charge in [-0.15, -0.1) is 0 Å². The molecule has 0 saturated heterocycles. The van der Waals surface area contributed by atoms with Crippen molar-refractivity contribution in [1.82, 2.24) is 4.98 Å². The molecule has 0 aromatic carbocycles. The van der Waals surface area contributed by atoms with Crippen molar-refractivity contribution in [1.29, 1.82) is 0 Å². The summed E-state index contributed by atoms with van der Waals surface area (Å²) in [5, 5.41) is 0. The Morgan fingerprint density at radius 2 is 2.22 bits per heavy atom. The summed E-state index contributed by atoms with van der Waals surface area (Å²) >= 11 is 1.06. The third kappa shape index (κ3) is 3.88. The standard InChI is InChI=1S/C5H4NO.O.V/c7-5-3-1-2-4-6-5;;/h1-2,4H,(H,6,7);;/q-1;;+2/p-1. The molecule has 0 aliphatic heterocycles. The van der Waals surface area contributed by atoms with E-state index in [1.54, 1.807) is 6.07 Å². The van der Waals surface area contributed by atoms with Crippen LogP contribution < -0.4 is 10.5 Å². The van der Waals surface area contributed by atoms with Crippen LogP contribution in [0, 0.1) is 6.07 Å². The summed E-state index contributed by atoms with van der Waals surface area (Å²) in [4.78, 5) is 13.5. The molecule has 0 aliphatic rings. The molecule has 3 nitrogen and oxygen atoms in total. The van der Waals surface area contributed by atoms with Crippen LogP contribution in [0.25, 0.3) is 0 Å². The fourth-order valence-corrected chi connectivity index (χ4v) is 0.310. The van der Waals surface area contributed by atoms with E-state index in [1.165, 1.54) is 12.3 Å². The molecule has 45 valence electrons. The van der Waals surface area contributed by atoms with Crippen molar-refractivity contribution < 1.29 is 21.0 Å². The molecule has 0 aliphatic carbocycles. The van der Waals surface area contributed by atoms with Gasteiger partial charge in [0.2, 0.25) is 0 Å². The first-order valence-corrected chi connectivity index (χ1v) is 2.64. The van der Waals surface area contributed by atoms with Crippen LogP contribution >= 0.6 is 0 Å². The Balaban J connectivity index is 0.000000291. The maximum atomic E-state index is 10.1. The van der Waals surface area contributed by atoms with Crippen LogP contribution in [0.2, 0.25) is 0 Å². The van der Waals surface area contributed by atoms with E-state index in [0.717, 1.165) is 17.4 Å². The molecule has 1 heterocycles. The summed E-state index contributed by atoms with van der Waals surface area (Å²) in [6, 6.07) is 5.56. The SMILES string of the molecule is O=c1[c-]ccc[n-]1.[O]=[V+2]. The number of hydrogen-bond acceptors (Lipinski definition) is 2. The van der Waals surface area contributed by atoms with Crippen molar-refractivity contribution in [3.8, 4) is 0 Å². The second-order valence-corrected chi connectivity index (χ2v) is 1.09. The van der Waals surface area contributed by atoms with Gasteiger partial charge in [-0.1, -0.05) is 0 Å². The van der Waals surface area contributed by atoms with Gasteiger partial charge in [0, 0.05) is 0 Å². The molecule has 0 spiro atoms. The van der Waals surface area contributed by atoms with Gasteiger partial charge in [-0.25, -0.2) is 18.2 Å². The zero-order chi connectivity index (χ0) is 7.11. The van der Waals surface area contributed by atoms with E-state index in [9.17, 15) is 4.79 Å². The van der Waals surface area contributed by atoms with Crippen molar-refractivity contribution in [3.05, 3.63) is 34.7 Å². The zero-order valence-corrected chi connectivity index (χ0v) is 5.84. The van der Waals surface area contributed by atoms with Crippen molar-refractivity contribution in [2.75, 3.05) is 0 Å². The van der Waals surface area contributed by atoms with Crippen LogP contribution in [0.3, 0.4) is 0 Å². The van der Waals surface area contributed by atoms with Crippen molar-refractivity contribution >= 4 is 0 Å². The molecule has 0 saturated carbocycles. The van der Waals surface area contributed by atoms with Gasteiger partial charge >= 0.3 is 21.0 Å². The molecule has 0 unspecified atom stereocenters. The van der Waals surface area contributed by atoms with Crippen LogP contribution in [-0.4, -0.2) is 0 Å². The average molecular weight is 160 g/mol.